The Kier molecular flexibility index (Phi) is 5.38. The molecular weight excluding hydrogens is 250 g/mol. The Bertz CT molecular complexity index is 384. The molecule has 0 bridgehead atoms. The van der Waals surface area contributed by atoms with Gasteiger partial charge in [0.2, 0.25) is 0 Å². The minimum Gasteiger partial charge on any atom is -0.389 e. The predicted molar refractivity (Wildman–Crippen MR) is 83.0 cm³/mol. The summed E-state index contributed by atoms with van der Waals surface area (Å²) in [6.45, 7) is 6.87. The lowest BCUT2D eigenvalue weighted by atomic mass is 9.96. The molecule has 1 saturated heterocycles. The monoisotopic (exact) mass is 277 g/mol. The third kappa shape index (κ3) is 3.93. The molecule has 0 unspecified atom stereocenters. The number of anilines is 1. The van der Waals surface area contributed by atoms with Crippen molar-refractivity contribution in [2.45, 2.75) is 51.2 Å². The van der Waals surface area contributed by atoms with Crippen LogP contribution in [0.4, 0.5) is 5.82 Å². The second-order valence-corrected chi connectivity index (χ2v) is 5.76. The summed E-state index contributed by atoms with van der Waals surface area (Å²) in [5.41, 5.74) is -0.544. The summed E-state index contributed by atoms with van der Waals surface area (Å²) in [4.78, 5) is 6.74. The van der Waals surface area contributed by atoms with Gasteiger partial charge >= 0.3 is 0 Å². The second kappa shape index (κ2) is 7.04. The maximum Gasteiger partial charge on any atom is 0.128 e. The molecule has 1 aliphatic heterocycles. The van der Waals surface area contributed by atoms with Crippen LogP contribution in [0.2, 0.25) is 0 Å². The van der Waals surface area contributed by atoms with Crippen molar-refractivity contribution in [1.29, 1.82) is 0 Å². The van der Waals surface area contributed by atoms with Gasteiger partial charge in [0, 0.05) is 31.9 Å². The first-order valence-electron chi connectivity index (χ1n) is 7.78. The van der Waals surface area contributed by atoms with E-state index in [4.69, 9.17) is 0 Å². The fraction of sp³-hybridized carbons (Fsp3) is 0.688. The van der Waals surface area contributed by atoms with Gasteiger partial charge in [-0.1, -0.05) is 19.9 Å². The van der Waals surface area contributed by atoms with Gasteiger partial charge in [-0.15, -0.1) is 0 Å². The van der Waals surface area contributed by atoms with Crippen LogP contribution in [0.15, 0.2) is 24.4 Å². The van der Waals surface area contributed by atoms with E-state index in [1.54, 1.807) is 0 Å². The normalized spacial score (nSPS) is 17.4. The molecule has 1 aliphatic rings. The quantitative estimate of drug-likeness (QED) is 0.837. The fourth-order valence-corrected chi connectivity index (χ4v) is 2.69. The van der Waals surface area contributed by atoms with E-state index >= 15 is 0 Å². The molecule has 4 nitrogen and oxygen atoms in total. The van der Waals surface area contributed by atoms with E-state index < -0.39 is 5.60 Å². The molecule has 1 aromatic heterocycles. The summed E-state index contributed by atoms with van der Waals surface area (Å²) in [6, 6.07) is 6.57. The van der Waals surface area contributed by atoms with Crippen molar-refractivity contribution in [3.05, 3.63) is 24.4 Å². The first-order valence-corrected chi connectivity index (χ1v) is 7.78. The second-order valence-electron chi connectivity index (χ2n) is 5.76. The first kappa shape index (κ1) is 15.3. The van der Waals surface area contributed by atoms with Crippen LogP contribution >= 0.6 is 0 Å². The molecule has 2 rings (SSSR count). The summed E-state index contributed by atoms with van der Waals surface area (Å²) >= 11 is 0. The Morgan fingerprint density at radius 3 is 2.55 bits per heavy atom. The summed E-state index contributed by atoms with van der Waals surface area (Å²) in [5, 5.41) is 13.8. The van der Waals surface area contributed by atoms with Gasteiger partial charge in [0.25, 0.3) is 0 Å². The molecule has 0 spiro atoms. The van der Waals surface area contributed by atoms with Gasteiger partial charge < -0.3 is 15.3 Å². The zero-order chi connectivity index (χ0) is 14.4. The van der Waals surface area contributed by atoms with Crippen molar-refractivity contribution in [2.75, 3.05) is 24.5 Å². The molecule has 2 N–H and O–H groups in total. The molecule has 112 valence electrons. The Hall–Kier alpha value is -1.13. The van der Waals surface area contributed by atoms with E-state index in [0.29, 0.717) is 12.6 Å². The number of aromatic nitrogens is 1. The summed E-state index contributed by atoms with van der Waals surface area (Å²) < 4.78 is 0. The lowest BCUT2D eigenvalue weighted by Gasteiger charge is -2.35. The van der Waals surface area contributed by atoms with Gasteiger partial charge in [-0.05, 0) is 37.8 Å². The predicted octanol–water partition coefficient (Wildman–Crippen LogP) is 2.19. The van der Waals surface area contributed by atoms with Crippen LogP contribution in [0, 0.1) is 0 Å². The maximum absolute atomic E-state index is 10.3. The summed E-state index contributed by atoms with van der Waals surface area (Å²) in [6.07, 6.45) is 5.69. The molecular formula is C16H27N3O. The number of hydrogen-bond acceptors (Lipinski definition) is 4. The molecule has 1 aromatic rings. The smallest absolute Gasteiger partial charge is 0.128 e. The molecule has 20 heavy (non-hydrogen) atoms. The van der Waals surface area contributed by atoms with E-state index in [1.165, 1.54) is 0 Å². The molecule has 0 aliphatic carbocycles. The highest BCUT2D eigenvalue weighted by Crippen LogP contribution is 2.19. The Balaban J connectivity index is 1.77. The Labute approximate surface area is 122 Å². The number of pyridine rings is 1. The fourth-order valence-electron chi connectivity index (χ4n) is 2.69. The molecule has 0 aromatic carbocycles. The average Bonchev–Trinajstić information content (AvgIpc) is 2.54. The summed E-state index contributed by atoms with van der Waals surface area (Å²) in [5.74, 6) is 1.07. The first-order chi connectivity index (χ1) is 9.67. The molecule has 0 radical (unpaired) electrons. The molecule has 0 atom stereocenters. The number of rotatable bonds is 6. The van der Waals surface area contributed by atoms with Gasteiger partial charge in [-0.2, -0.15) is 0 Å². The highest BCUT2D eigenvalue weighted by Gasteiger charge is 2.25. The zero-order valence-corrected chi connectivity index (χ0v) is 12.7. The van der Waals surface area contributed by atoms with Crippen molar-refractivity contribution >= 4 is 5.82 Å². The van der Waals surface area contributed by atoms with Crippen LogP contribution < -0.4 is 10.2 Å². The van der Waals surface area contributed by atoms with Gasteiger partial charge in [-0.3, -0.25) is 0 Å². The Morgan fingerprint density at radius 1 is 1.30 bits per heavy atom. The number of aliphatic hydroxyl groups is 1. The summed E-state index contributed by atoms with van der Waals surface area (Å²) in [7, 11) is 0. The largest absolute Gasteiger partial charge is 0.389 e. The lowest BCUT2D eigenvalue weighted by Crippen LogP contribution is -2.48. The topological polar surface area (TPSA) is 48.4 Å². The highest BCUT2D eigenvalue weighted by atomic mass is 16.3. The average molecular weight is 277 g/mol. The van der Waals surface area contributed by atoms with Crippen molar-refractivity contribution in [3.63, 3.8) is 0 Å². The minimum absolute atomic E-state index is 0.514. The van der Waals surface area contributed by atoms with Gasteiger partial charge in [-0.25, -0.2) is 4.98 Å². The third-order valence-electron chi connectivity index (χ3n) is 4.50. The van der Waals surface area contributed by atoms with Crippen LogP contribution in [-0.4, -0.2) is 41.4 Å². The minimum atomic E-state index is -0.544. The van der Waals surface area contributed by atoms with Crippen LogP contribution in [0.3, 0.4) is 0 Å². The van der Waals surface area contributed by atoms with Gasteiger partial charge in [0.05, 0.1) is 5.60 Å². The van der Waals surface area contributed by atoms with E-state index in [9.17, 15) is 5.11 Å². The zero-order valence-electron chi connectivity index (χ0n) is 12.7. The van der Waals surface area contributed by atoms with E-state index in [2.05, 4.69) is 35.1 Å². The van der Waals surface area contributed by atoms with Gasteiger partial charge in [0.1, 0.15) is 5.82 Å². The molecule has 4 heteroatoms. The highest BCUT2D eigenvalue weighted by molar-refractivity contribution is 5.38. The van der Waals surface area contributed by atoms with E-state index in [1.807, 2.05) is 18.3 Å². The van der Waals surface area contributed by atoms with Crippen molar-refractivity contribution in [1.82, 2.24) is 10.3 Å². The van der Waals surface area contributed by atoms with Gasteiger partial charge in [0.15, 0.2) is 0 Å². The van der Waals surface area contributed by atoms with Crippen LogP contribution in [0.25, 0.3) is 0 Å². The number of nitrogens with one attached hydrogen (secondary N) is 1. The van der Waals surface area contributed by atoms with Crippen molar-refractivity contribution in [3.8, 4) is 0 Å². The third-order valence-corrected chi connectivity index (χ3v) is 4.50. The number of piperidine rings is 1. The van der Waals surface area contributed by atoms with E-state index in [-0.39, 0.29) is 0 Å². The van der Waals surface area contributed by atoms with Crippen molar-refractivity contribution < 1.29 is 5.11 Å². The van der Waals surface area contributed by atoms with Crippen LogP contribution in [0.5, 0.6) is 0 Å². The molecule has 0 amide bonds. The maximum atomic E-state index is 10.3. The van der Waals surface area contributed by atoms with Crippen LogP contribution in [0.1, 0.15) is 39.5 Å². The number of hydrogen-bond donors (Lipinski definition) is 2. The SMILES string of the molecule is CCC(O)(CC)CNC1CCN(c2ccccn2)CC1. The molecule has 2 heterocycles. The van der Waals surface area contributed by atoms with E-state index in [0.717, 1.165) is 44.6 Å². The standard InChI is InChI=1S/C16H27N3O/c1-3-16(20,4-2)13-18-14-8-11-19(12-9-14)15-7-5-6-10-17-15/h5-7,10,14,18,20H,3-4,8-9,11-13H2,1-2H3. The lowest BCUT2D eigenvalue weighted by molar-refractivity contribution is 0.0291. The number of nitrogens with zero attached hydrogens (tertiary/aromatic N) is 2. The molecule has 0 saturated carbocycles. The van der Waals surface area contributed by atoms with Crippen molar-refractivity contribution in [2.24, 2.45) is 0 Å². The van der Waals surface area contributed by atoms with Crippen LogP contribution in [-0.2, 0) is 0 Å². The Morgan fingerprint density at radius 2 is 2.00 bits per heavy atom. The molecule has 1 fully saturated rings.